The van der Waals surface area contributed by atoms with Gasteiger partial charge in [-0.25, -0.2) is 4.98 Å². The van der Waals surface area contributed by atoms with E-state index in [0.29, 0.717) is 24.5 Å². The third-order valence-corrected chi connectivity index (χ3v) is 7.97. The lowest BCUT2D eigenvalue weighted by molar-refractivity contribution is -0.00125. The molecule has 0 radical (unpaired) electrons. The quantitative estimate of drug-likeness (QED) is 0.608. The summed E-state index contributed by atoms with van der Waals surface area (Å²) in [7, 11) is 1.89. The number of fused-ring (bicyclic) bond motifs is 3. The molecule has 5 heterocycles. The largest absolute Gasteiger partial charge is 0.474 e. The molecular weight excluding hydrogens is 440 g/mol. The molecule has 3 aliphatic rings. The minimum absolute atomic E-state index is 0.182. The summed E-state index contributed by atoms with van der Waals surface area (Å²) in [5.41, 5.74) is 2.16. The highest BCUT2D eigenvalue weighted by atomic mass is 32.1. The van der Waals surface area contributed by atoms with Crippen molar-refractivity contribution >= 4 is 33.2 Å². The van der Waals surface area contributed by atoms with Gasteiger partial charge >= 0.3 is 0 Å². The summed E-state index contributed by atoms with van der Waals surface area (Å²) in [4.78, 5) is 14.5. The number of aromatic nitrogens is 4. The average Bonchev–Trinajstić information content (AvgIpc) is 3.43. The summed E-state index contributed by atoms with van der Waals surface area (Å²) >= 11 is 1.69. The van der Waals surface area contributed by atoms with E-state index in [9.17, 15) is 0 Å². The summed E-state index contributed by atoms with van der Waals surface area (Å²) in [5, 5.41) is 8.60. The highest BCUT2D eigenvalue weighted by molar-refractivity contribution is 7.18. The van der Waals surface area contributed by atoms with E-state index in [4.69, 9.17) is 24.2 Å². The minimum atomic E-state index is 0.182. The summed E-state index contributed by atoms with van der Waals surface area (Å²) < 4.78 is 19.6. The summed E-state index contributed by atoms with van der Waals surface area (Å²) in [5.74, 6) is 1.26. The van der Waals surface area contributed by atoms with Crippen molar-refractivity contribution in [1.82, 2.24) is 24.6 Å². The van der Waals surface area contributed by atoms with Crippen LogP contribution in [-0.2, 0) is 29.5 Å². The van der Waals surface area contributed by atoms with Crippen LogP contribution in [-0.4, -0.2) is 69.7 Å². The topological polar surface area (TPSA) is 86.6 Å². The van der Waals surface area contributed by atoms with Crippen LogP contribution in [0.5, 0.6) is 5.88 Å². The number of nitrogens with zero attached hydrogens (tertiary/aromatic N) is 5. The Labute approximate surface area is 197 Å². The van der Waals surface area contributed by atoms with E-state index in [-0.39, 0.29) is 6.10 Å². The van der Waals surface area contributed by atoms with Crippen molar-refractivity contribution in [2.75, 3.05) is 38.2 Å². The molecule has 33 heavy (non-hydrogen) atoms. The molecule has 10 heteroatoms. The van der Waals surface area contributed by atoms with Crippen molar-refractivity contribution < 1.29 is 14.2 Å². The Bertz CT molecular complexity index is 1120. The molecule has 6 rings (SSSR count). The third kappa shape index (κ3) is 4.44. The maximum Gasteiger partial charge on any atom is 0.232 e. The fourth-order valence-electron chi connectivity index (χ4n) is 5.18. The molecule has 3 aromatic rings. The number of nitrogens with one attached hydrogen (secondary N) is 1. The molecule has 1 saturated carbocycles. The maximum atomic E-state index is 6.62. The van der Waals surface area contributed by atoms with Gasteiger partial charge in [0, 0.05) is 37.3 Å². The molecule has 1 aliphatic carbocycles. The van der Waals surface area contributed by atoms with E-state index in [1.165, 1.54) is 10.4 Å². The number of anilines is 2. The van der Waals surface area contributed by atoms with Crippen molar-refractivity contribution in [3.8, 4) is 5.88 Å². The Morgan fingerprint density at radius 1 is 1.09 bits per heavy atom. The third-order valence-electron chi connectivity index (χ3n) is 6.88. The van der Waals surface area contributed by atoms with Crippen molar-refractivity contribution in [3.05, 3.63) is 22.8 Å². The fraction of sp³-hybridized carbons (Fsp3) is 0.609. The smallest absolute Gasteiger partial charge is 0.232 e. The monoisotopic (exact) mass is 470 g/mol. The van der Waals surface area contributed by atoms with Crippen LogP contribution in [0.2, 0.25) is 0 Å². The van der Waals surface area contributed by atoms with Gasteiger partial charge in [-0.15, -0.1) is 11.3 Å². The molecule has 0 aromatic carbocycles. The number of hydrogen-bond donors (Lipinski definition) is 1. The van der Waals surface area contributed by atoms with Crippen LogP contribution in [0, 0.1) is 0 Å². The lowest BCUT2D eigenvalue weighted by atomic mass is 9.91. The number of rotatable bonds is 5. The Balaban J connectivity index is 1.25. The highest BCUT2D eigenvalue weighted by Gasteiger charge is 2.30. The predicted octanol–water partition coefficient (Wildman–Crippen LogP) is 3.26. The SMILES string of the molecule is Cn1cc(Nc2nc(O[C@H]3CC[C@H](N4CCOCC4)CC3)c3c4c(sc3n2)COCC4)cn1. The van der Waals surface area contributed by atoms with Gasteiger partial charge in [-0.3, -0.25) is 9.58 Å². The second-order valence-electron chi connectivity index (χ2n) is 9.06. The van der Waals surface area contributed by atoms with Crippen LogP contribution in [0.4, 0.5) is 11.6 Å². The first kappa shape index (κ1) is 21.3. The predicted molar refractivity (Wildman–Crippen MR) is 126 cm³/mol. The van der Waals surface area contributed by atoms with Crippen LogP contribution in [0.3, 0.4) is 0 Å². The zero-order chi connectivity index (χ0) is 22.2. The normalized spacial score (nSPS) is 24.0. The minimum Gasteiger partial charge on any atom is -0.474 e. The van der Waals surface area contributed by atoms with E-state index in [1.54, 1.807) is 22.2 Å². The molecule has 2 aliphatic heterocycles. The summed E-state index contributed by atoms with van der Waals surface area (Å²) in [6.45, 7) is 5.19. The zero-order valence-corrected chi connectivity index (χ0v) is 19.8. The van der Waals surface area contributed by atoms with Crippen molar-refractivity contribution in [3.63, 3.8) is 0 Å². The van der Waals surface area contributed by atoms with Crippen LogP contribution in [0.1, 0.15) is 36.1 Å². The lowest BCUT2D eigenvalue weighted by Crippen LogP contribution is -2.46. The number of thiophene rings is 1. The van der Waals surface area contributed by atoms with Gasteiger partial charge in [-0.2, -0.15) is 10.1 Å². The molecule has 0 unspecified atom stereocenters. The van der Waals surface area contributed by atoms with Gasteiger partial charge in [-0.1, -0.05) is 0 Å². The maximum absolute atomic E-state index is 6.62. The Hall–Kier alpha value is -2.27. The van der Waals surface area contributed by atoms with Crippen LogP contribution < -0.4 is 10.1 Å². The van der Waals surface area contributed by atoms with Gasteiger partial charge in [0.25, 0.3) is 0 Å². The second-order valence-corrected chi connectivity index (χ2v) is 10.1. The van der Waals surface area contributed by atoms with Crippen LogP contribution in [0.25, 0.3) is 10.2 Å². The van der Waals surface area contributed by atoms with E-state index < -0.39 is 0 Å². The molecule has 1 saturated heterocycles. The number of ether oxygens (including phenoxy) is 3. The molecule has 0 spiro atoms. The molecule has 2 fully saturated rings. The zero-order valence-electron chi connectivity index (χ0n) is 19.0. The average molecular weight is 471 g/mol. The second kappa shape index (κ2) is 9.17. The van der Waals surface area contributed by atoms with Gasteiger partial charge < -0.3 is 19.5 Å². The van der Waals surface area contributed by atoms with E-state index in [2.05, 4.69) is 15.3 Å². The first-order valence-corrected chi connectivity index (χ1v) is 12.7. The molecule has 0 bridgehead atoms. The molecule has 3 aromatic heterocycles. The van der Waals surface area contributed by atoms with Gasteiger partial charge in [-0.05, 0) is 37.7 Å². The van der Waals surface area contributed by atoms with Gasteiger partial charge in [0.05, 0.1) is 43.7 Å². The van der Waals surface area contributed by atoms with Crippen molar-refractivity contribution in [1.29, 1.82) is 0 Å². The molecule has 0 amide bonds. The van der Waals surface area contributed by atoms with Gasteiger partial charge in [0.15, 0.2) is 0 Å². The number of morpholine rings is 1. The molecule has 176 valence electrons. The first-order chi connectivity index (χ1) is 16.2. The molecule has 0 atom stereocenters. The summed E-state index contributed by atoms with van der Waals surface area (Å²) in [6.07, 6.45) is 9.17. The fourth-order valence-corrected chi connectivity index (χ4v) is 6.32. The summed E-state index contributed by atoms with van der Waals surface area (Å²) in [6, 6.07) is 0.646. The molecule has 1 N–H and O–H groups in total. The Morgan fingerprint density at radius 3 is 2.73 bits per heavy atom. The van der Waals surface area contributed by atoms with Gasteiger partial charge in [0.1, 0.15) is 10.9 Å². The van der Waals surface area contributed by atoms with E-state index in [1.807, 2.05) is 13.2 Å². The molecular formula is C23H30N6O3S. The number of aryl methyl sites for hydroxylation is 1. The Morgan fingerprint density at radius 2 is 1.94 bits per heavy atom. The van der Waals surface area contributed by atoms with Crippen molar-refractivity contribution in [2.45, 2.75) is 50.9 Å². The van der Waals surface area contributed by atoms with E-state index in [0.717, 1.165) is 80.9 Å². The molecule has 9 nitrogen and oxygen atoms in total. The standard InChI is InChI=1S/C23H30N6O3S/c1-28-13-15(12-24-28)25-23-26-21(20-18-6-9-31-14-19(18)33-22(20)27-23)32-17-4-2-16(3-5-17)29-7-10-30-11-8-29/h12-13,16-17H,2-11,14H2,1H3,(H,25,26,27)/t16-,17-. The lowest BCUT2D eigenvalue weighted by Gasteiger charge is -2.38. The highest BCUT2D eigenvalue weighted by Crippen LogP contribution is 2.40. The first-order valence-electron chi connectivity index (χ1n) is 11.9. The van der Waals surface area contributed by atoms with Crippen molar-refractivity contribution in [2.24, 2.45) is 7.05 Å². The Kier molecular flexibility index (Phi) is 5.91. The van der Waals surface area contributed by atoms with Gasteiger partial charge in [0.2, 0.25) is 11.8 Å². The van der Waals surface area contributed by atoms with Crippen LogP contribution >= 0.6 is 11.3 Å². The van der Waals surface area contributed by atoms with Crippen LogP contribution in [0.15, 0.2) is 12.4 Å². The number of hydrogen-bond acceptors (Lipinski definition) is 9. The van der Waals surface area contributed by atoms with E-state index >= 15 is 0 Å².